The van der Waals surface area contributed by atoms with Gasteiger partial charge < -0.3 is 19.9 Å². The van der Waals surface area contributed by atoms with E-state index in [2.05, 4.69) is 10.3 Å². The summed E-state index contributed by atoms with van der Waals surface area (Å²) < 4.78 is 10.5. The average Bonchev–Trinajstić information content (AvgIpc) is 2.94. The molecule has 17 heavy (non-hydrogen) atoms. The minimum absolute atomic E-state index is 0.479. The molecule has 5 heteroatoms. The standard InChI is InChI=1S/C12H11N3O2/c13-9-1-2-11-10(5-9)15-12(17-11)14-6-8-3-4-16-7-8/h1-5,7H,6,13H2,(H,14,15). The number of oxazole rings is 1. The fraction of sp³-hybridized carbons (Fsp3) is 0.0833. The van der Waals surface area contributed by atoms with E-state index in [0.717, 1.165) is 11.1 Å². The molecule has 0 aliphatic carbocycles. The van der Waals surface area contributed by atoms with Crippen LogP contribution in [0.25, 0.3) is 11.1 Å². The van der Waals surface area contributed by atoms with Crippen LogP contribution in [0.2, 0.25) is 0 Å². The third kappa shape index (κ3) is 1.94. The second-order valence-corrected chi connectivity index (χ2v) is 3.73. The van der Waals surface area contributed by atoms with Gasteiger partial charge in [-0.2, -0.15) is 4.98 Å². The Bertz CT molecular complexity index is 628. The highest BCUT2D eigenvalue weighted by atomic mass is 16.4. The zero-order valence-electron chi connectivity index (χ0n) is 9.01. The smallest absolute Gasteiger partial charge is 0.295 e. The summed E-state index contributed by atoms with van der Waals surface area (Å²) in [5, 5.41) is 3.08. The van der Waals surface area contributed by atoms with E-state index < -0.39 is 0 Å². The molecule has 0 aliphatic rings. The highest BCUT2D eigenvalue weighted by molar-refractivity contribution is 5.78. The van der Waals surface area contributed by atoms with Crippen molar-refractivity contribution in [3.8, 4) is 0 Å². The van der Waals surface area contributed by atoms with E-state index in [1.807, 2.05) is 6.07 Å². The molecule has 0 spiro atoms. The second-order valence-electron chi connectivity index (χ2n) is 3.73. The van der Waals surface area contributed by atoms with Gasteiger partial charge in [0.25, 0.3) is 6.01 Å². The lowest BCUT2D eigenvalue weighted by Gasteiger charge is -1.96. The summed E-state index contributed by atoms with van der Waals surface area (Å²) in [7, 11) is 0. The topological polar surface area (TPSA) is 77.2 Å². The molecule has 3 N–H and O–H groups in total. The average molecular weight is 229 g/mol. The third-order valence-electron chi connectivity index (χ3n) is 2.44. The largest absolute Gasteiger partial charge is 0.472 e. The lowest BCUT2D eigenvalue weighted by molar-refractivity contribution is 0.563. The highest BCUT2D eigenvalue weighted by Crippen LogP contribution is 2.21. The van der Waals surface area contributed by atoms with E-state index in [0.29, 0.717) is 23.8 Å². The molecule has 2 heterocycles. The molecule has 3 rings (SSSR count). The van der Waals surface area contributed by atoms with Crippen LogP contribution in [0, 0.1) is 0 Å². The first-order valence-corrected chi connectivity index (χ1v) is 5.22. The summed E-state index contributed by atoms with van der Waals surface area (Å²) in [6.45, 7) is 0.610. The number of hydrogen-bond acceptors (Lipinski definition) is 5. The first kappa shape index (κ1) is 9.77. The molecular formula is C12H11N3O2. The fourth-order valence-corrected chi connectivity index (χ4v) is 1.59. The molecule has 0 aliphatic heterocycles. The van der Waals surface area contributed by atoms with Crippen LogP contribution < -0.4 is 11.1 Å². The predicted molar refractivity (Wildman–Crippen MR) is 64.5 cm³/mol. The number of aromatic nitrogens is 1. The fourth-order valence-electron chi connectivity index (χ4n) is 1.59. The van der Waals surface area contributed by atoms with Crippen molar-refractivity contribution in [1.82, 2.24) is 4.98 Å². The van der Waals surface area contributed by atoms with Gasteiger partial charge in [-0.15, -0.1) is 0 Å². The van der Waals surface area contributed by atoms with Gasteiger partial charge in [-0.3, -0.25) is 0 Å². The lowest BCUT2D eigenvalue weighted by atomic mass is 10.3. The number of anilines is 2. The van der Waals surface area contributed by atoms with E-state index in [1.54, 1.807) is 30.7 Å². The number of nitrogens with two attached hydrogens (primary N) is 1. The molecule has 0 saturated carbocycles. The van der Waals surface area contributed by atoms with Crippen molar-refractivity contribution >= 4 is 22.8 Å². The molecule has 0 unspecified atom stereocenters. The molecule has 0 bridgehead atoms. The predicted octanol–water partition coefficient (Wildman–Crippen LogP) is 2.62. The van der Waals surface area contributed by atoms with Gasteiger partial charge in [0.1, 0.15) is 5.52 Å². The maximum Gasteiger partial charge on any atom is 0.295 e. The summed E-state index contributed by atoms with van der Waals surface area (Å²) in [4.78, 5) is 4.28. The zero-order valence-corrected chi connectivity index (χ0v) is 9.01. The van der Waals surface area contributed by atoms with Crippen molar-refractivity contribution in [3.05, 3.63) is 42.4 Å². The molecule has 0 amide bonds. The number of hydrogen-bond donors (Lipinski definition) is 2. The Morgan fingerprint density at radius 3 is 3.06 bits per heavy atom. The number of furan rings is 1. The number of nitrogen functional groups attached to an aromatic ring is 1. The molecular weight excluding hydrogens is 218 g/mol. The van der Waals surface area contributed by atoms with Gasteiger partial charge in [0.05, 0.1) is 12.5 Å². The van der Waals surface area contributed by atoms with Gasteiger partial charge in [-0.05, 0) is 24.3 Å². The zero-order chi connectivity index (χ0) is 11.7. The quantitative estimate of drug-likeness (QED) is 0.675. The SMILES string of the molecule is Nc1ccc2oc(NCc3ccoc3)nc2c1. The lowest BCUT2D eigenvalue weighted by Crippen LogP contribution is -1.97. The Kier molecular flexibility index (Phi) is 2.22. The summed E-state index contributed by atoms with van der Waals surface area (Å²) >= 11 is 0. The molecule has 86 valence electrons. The third-order valence-corrected chi connectivity index (χ3v) is 2.44. The van der Waals surface area contributed by atoms with E-state index in [1.165, 1.54) is 0 Å². The van der Waals surface area contributed by atoms with Crippen molar-refractivity contribution in [2.45, 2.75) is 6.54 Å². The summed E-state index contributed by atoms with van der Waals surface area (Å²) in [5.41, 5.74) is 8.84. The van der Waals surface area contributed by atoms with Gasteiger partial charge in [0, 0.05) is 17.8 Å². The van der Waals surface area contributed by atoms with Crippen molar-refractivity contribution in [1.29, 1.82) is 0 Å². The molecule has 0 saturated heterocycles. The number of benzene rings is 1. The number of nitrogens with zero attached hydrogens (tertiary/aromatic N) is 1. The molecule has 1 aromatic carbocycles. The van der Waals surface area contributed by atoms with Crippen LogP contribution >= 0.6 is 0 Å². The Morgan fingerprint density at radius 2 is 2.24 bits per heavy atom. The minimum atomic E-state index is 0.479. The highest BCUT2D eigenvalue weighted by Gasteiger charge is 2.05. The molecule has 5 nitrogen and oxygen atoms in total. The monoisotopic (exact) mass is 229 g/mol. The first-order chi connectivity index (χ1) is 8.31. The van der Waals surface area contributed by atoms with Crippen LogP contribution in [0.5, 0.6) is 0 Å². The van der Waals surface area contributed by atoms with Gasteiger partial charge in [-0.1, -0.05) is 0 Å². The van der Waals surface area contributed by atoms with Crippen molar-refractivity contribution in [2.24, 2.45) is 0 Å². The van der Waals surface area contributed by atoms with E-state index in [4.69, 9.17) is 14.6 Å². The van der Waals surface area contributed by atoms with E-state index >= 15 is 0 Å². The molecule has 3 aromatic rings. The van der Waals surface area contributed by atoms with Gasteiger partial charge in [-0.25, -0.2) is 0 Å². The molecule has 0 fully saturated rings. The number of nitrogens with one attached hydrogen (secondary N) is 1. The molecule has 2 aromatic heterocycles. The van der Waals surface area contributed by atoms with Crippen LogP contribution in [-0.4, -0.2) is 4.98 Å². The van der Waals surface area contributed by atoms with Crippen molar-refractivity contribution in [2.75, 3.05) is 11.1 Å². The Labute approximate surface area is 97.2 Å². The second kappa shape index (κ2) is 3.86. The number of rotatable bonds is 3. The Balaban J connectivity index is 1.81. The maximum atomic E-state index is 5.67. The van der Waals surface area contributed by atoms with Crippen LogP contribution in [-0.2, 0) is 6.54 Å². The van der Waals surface area contributed by atoms with Crippen LogP contribution in [0.3, 0.4) is 0 Å². The minimum Gasteiger partial charge on any atom is -0.472 e. The number of fused-ring (bicyclic) bond motifs is 1. The normalized spacial score (nSPS) is 10.8. The van der Waals surface area contributed by atoms with E-state index in [9.17, 15) is 0 Å². The van der Waals surface area contributed by atoms with Crippen LogP contribution in [0.4, 0.5) is 11.7 Å². The molecule has 0 atom stereocenters. The van der Waals surface area contributed by atoms with Gasteiger partial charge in [0.15, 0.2) is 5.58 Å². The molecule has 0 radical (unpaired) electrons. The van der Waals surface area contributed by atoms with Crippen molar-refractivity contribution < 1.29 is 8.83 Å². The van der Waals surface area contributed by atoms with Crippen LogP contribution in [0.15, 0.2) is 45.6 Å². The van der Waals surface area contributed by atoms with Gasteiger partial charge in [0.2, 0.25) is 0 Å². The van der Waals surface area contributed by atoms with E-state index in [-0.39, 0.29) is 0 Å². The van der Waals surface area contributed by atoms with Crippen LogP contribution in [0.1, 0.15) is 5.56 Å². The van der Waals surface area contributed by atoms with Crippen molar-refractivity contribution in [3.63, 3.8) is 0 Å². The summed E-state index contributed by atoms with van der Waals surface area (Å²) in [6, 6.07) is 7.73. The van der Waals surface area contributed by atoms with Gasteiger partial charge >= 0.3 is 0 Å². The Morgan fingerprint density at radius 1 is 1.29 bits per heavy atom. The first-order valence-electron chi connectivity index (χ1n) is 5.22. The summed E-state index contributed by atoms with van der Waals surface area (Å²) in [6.07, 6.45) is 3.30. The Hall–Kier alpha value is -2.43. The summed E-state index contributed by atoms with van der Waals surface area (Å²) in [5.74, 6) is 0. The maximum absolute atomic E-state index is 5.67.